The zero-order valence-corrected chi connectivity index (χ0v) is 25.3. The average molecular weight is 530 g/mol. The van der Waals surface area contributed by atoms with Crippen LogP contribution in [-0.2, 0) is 14.2 Å². The molecule has 0 atom stereocenters. The smallest absolute Gasteiger partial charge is 0.410 e. The first-order valence-electron chi connectivity index (χ1n) is 13.9. The van der Waals surface area contributed by atoms with Crippen LogP contribution in [0.2, 0.25) is 0 Å². The molecule has 37 heavy (non-hydrogen) atoms. The van der Waals surface area contributed by atoms with Crippen molar-refractivity contribution in [1.29, 1.82) is 0 Å². The average Bonchev–Trinajstić information content (AvgIpc) is 2.69. The van der Waals surface area contributed by atoms with Crippen LogP contribution < -0.4 is 5.32 Å². The van der Waals surface area contributed by atoms with Crippen molar-refractivity contribution in [1.82, 2.24) is 15.1 Å². The Bertz CT molecular complexity index is 677. The first-order valence-corrected chi connectivity index (χ1v) is 13.9. The molecular formula is C28H55N3O6. The van der Waals surface area contributed by atoms with Gasteiger partial charge in [-0.05, 0) is 107 Å². The van der Waals surface area contributed by atoms with Crippen LogP contribution in [0.3, 0.4) is 0 Å². The zero-order valence-electron chi connectivity index (χ0n) is 25.3. The first-order chi connectivity index (χ1) is 16.9. The lowest BCUT2D eigenvalue weighted by atomic mass is 10.2. The predicted molar refractivity (Wildman–Crippen MR) is 148 cm³/mol. The number of nitrogens with one attached hydrogen (secondary N) is 1. The highest BCUT2D eigenvalue weighted by Crippen LogP contribution is 2.14. The van der Waals surface area contributed by atoms with Gasteiger partial charge in [-0.15, -0.1) is 0 Å². The van der Waals surface area contributed by atoms with Gasteiger partial charge in [0.05, 0.1) is 0 Å². The SMILES string of the molecule is CCCN(CCCCCN(CCCCCNC(=O)OC(C)(C)C)C(=O)OC(C)(C)C)C(=O)OC(C)(C)C. The van der Waals surface area contributed by atoms with Gasteiger partial charge in [0.15, 0.2) is 0 Å². The van der Waals surface area contributed by atoms with Crippen LogP contribution >= 0.6 is 0 Å². The molecule has 0 aliphatic heterocycles. The van der Waals surface area contributed by atoms with Gasteiger partial charge in [-0.2, -0.15) is 0 Å². The second kappa shape index (κ2) is 16.6. The third-order valence-electron chi connectivity index (χ3n) is 4.93. The Balaban J connectivity index is 4.56. The molecule has 0 saturated heterocycles. The number of carbonyl (C=O) groups is 3. The van der Waals surface area contributed by atoms with Gasteiger partial charge in [-0.25, -0.2) is 14.4 Å². The van der Waals surface area contributed by atoms with Crippen molar-refractivity contribution in [3.63, 3.8) is 0 Å². The van der Waals surface area contributed by atoms with Crippen LogP contribution in [0.25, 0.3) is 0 Å². The highest BCUT2D eigenvalue weighted by molar-refractivity contribution is 5.68. The molecule has 3 amide bonds. The van der Waals surface area contributed by atoms with Gasteiger partial charge in [0.1, 0.15) is 16.8 Å². The van der Waals surface area contributed by atoms with E-state index in [1.165, 1.54) is 0 Å². The largest absolute Gasteiger partial charge is 0.444 e. The Morgan fingerprint density at radius 1 is 0.568 bits per heavy atom. The van der Waals surface area contributed by atoms with E-state index < -0.39 is 22.9 Å². The van der Waals surface area contributed by atoms with Crippen LogP contribution in [0.1, 0.15) is 114 Å². The van der Waals surface area contributed by atoms with Crippen molar-refractivity contribution in [3.05, 3.63) is 0 Å². The van der Waals surface area contributed by atoms with Gasteiger partial charge < -0.3 is 29.3 Å². The van der Waals surface area contributed by atoms with Crippen molar-refractivity contribution in [2.24, 2.45) is 0 Å². The summed E-state index contributed by atoms with van der Waals surface area (Å²) in [7, 11) is 0. The lowest BCUT2D eigenvalue weighted by Crippen LogP contribution is -2.38. The molecule has 0 radical (unpaired) electrons. The standard InChI is InChI=1S/C28H55N3O6/c1-11-19-30(24(33)36-27(5,6)7)20-16-13-17-22-31(25(34)37-28(8,9)10)21-15-12-14-18-29-23(32)35-26(2,3)4/h11-22H2,1-10H3,(H,29,32). The predicted octanol–water partition coefficient (Wildman–Crippen LogP) is 6.74. The summed E-state index contributed by atoms with van der Waals surface area (Å²) in [5, 5.41) is 2.76. The molecule has 0 bridgehead atoms. The van der Waals surface area contributed by atoms with E-state index in [0.29, 0.717) is 32.7 Å². The lowest BCUT2D eigenvalue weighted by molar-refractivity contribution is 0.0241. The maximum absolute atomic E-state index is 12.7. The van der Waals surface area contributed by atoms with E-state index in [9.17, 15) is 14.4 Å². The molecule has 9 heteroatoms. The Hall–Kier alpha value is -2.19. The zero-order chi connectivity index (χ0) is 28.7. The summed E-state index contributed by atoms with van der Waals surface area (Å²) in [6.45, 7) is 21.8. The fourth-order valence-electron chi connectivity index (χ4n) is 3.40. The molecule has 218 valence electrons. The Kier molecular flexibility index (Phi) is 15.6. The molecule has 0 aromatic rings. The van der Waals surface area contributed by atoms with E-state index in [-0.39, 0.29) is 12.2 Å². The minimum Gasteiger partial charge on any atom is -0.444 e. The van der Waals surface area contributed by atoms with Crippen molar-refractivity contribution in [3.8, 4) is 0 Å². The second-order valence-electron chi connectivity index (χ2n) is 12.5. The molecule has 9 nitrogen and oxygen atoms in total. The van der Waals surface area contributed by atoms with Gasteiger partial charge in [0.2, 0.25) is 0 Å². The van der Waals surface area contributed by atoms with Crippen LogP contribution in [0.15, 0.2) is 0 Å². The number of alkyl carbamates (subject to hydrolysis) is 1. The number of carbonyl (C=O) groups excluding carboxylic acids is 3. The van der Waals surface area contributed by atoms with Gasteiger partial charge in [0.25, 0.3) is 0 Å². The van der Waals surface area contributed by atoms with E-state index in [4.69, 9.17) is 14.2 Å². The van der Waals surface area contributed by atoms with Gasteiger partial charge in [-0.3, -0.25) is 0 Å². The summed E-state index contributed by atoms with van der Waals surface area (Å²) < 4.78 is 16.4. The van der Waals surface area contributed by atoms with Crippen LogP contribution in [0.4, 0.5) is 14.4 Å². The van der Waals surface area contributed by atoms with Crippen LogP contribution in [0.5, 0.6) is 0 Å². The molecule has 0 unspecified atom stereocenters. The Morgan fingerprint density at radius 3 is 1.32 bits per heavy atom. The number of nitrogens with zero attached hydrogens (tertiary/aromatic N) is 2. The molecule has 0 saturated carbocycles. The molecule has 0 spiro atoms. The molecule has 0 aliphatic carbocycles. The molecular weight excluding hydrogens is 474 g/mol. The summed E-state index contributed by atoms with van der Waals surface area (Å²) in [5.41, 5.74) is -1.58. The number of amides is 3. The molecule has 1 N–H and O–H groups in total. The fourth-order valence-corrected chi connectivity index (χ4v) is 3.40. The first kappa shape index (κ1) is 34.8. The maximum atomic E-state index is 12.7. The second-order valence-corrected chi connectivity index (χ2v) is 12.5. The monoisotopic (exact) mass is 529 g/mol. The Morgan fingerprint density at radius 2 is 0.946 bits per heavy atom. The minimum absolute atomic E-state index is 0.272. The molecule has 0 aliphatic rings. The summed E-state index contributed by atoms with van der Waals surface area (Å²) in [4.78, 5) is 40.5. The Labute approximate surface area is 225 Å². The summed E-state index contributed by atoms with van der Waals surface area (Å²) in [6.07, 6.45) is 4.94. The molecule has 0 fully saturated rings. The van der Waals surface area contributed by atoms with Crippen molar-refractivity contribution in [2.75, 3.05) is 32.7 Å². The summed E-state index contributed by atoms with van der Waals surface area (Å²) in [6, 6.07) is 0. The highest BCUT2D eigenvalue weighted by Gasteiger charge is 2.23. The summed E-state index contributed by atoms with van der Waals surface area (Å²) in [5.74, 6) is 0. The highest BCUT2D eigenvalue weighted by atomic mass is 16.6. The quantitative estimate of drug-likeness (QED) is 0.198. The van der Waals surface area contributed by atoms with Gasteiger partial charge >= 0.3 is 18.3 Å². The van der Waals surface area contributed by atoms with E-state index >= 15 is 0 Å². The number of hydrogen-bond acceptors (Lipinski definition) is 6. The number of unbranched alkanes of at least 4 members (excludes halogenated alkanes) is 4. The van der Waals surface area contributed by atoms with Crippen LogP contribution in [-0.4, -0.2) is 77.6 Å². The van der Waals surface area contributed by atoms with Crippen molar-refractivity contribution < 1.29 is 28.6 Å². The maximum Gasteiger partial charge on any atom is 0.410 e. The van der Waals surface area contributed by atoms with Gasteiger partial charge in [0, 0.05) is 32.7 Å². The molecule has 0 heterocycles. The number of hydrogen-bond donors (Lipinski definition) is 1. The third kappa shape index (κ3) is 20.5. The fraction of sp³-hybridized carbons (Fsp3) is 0.893. The van der Waals surface area contributed by atoms with Crippen LogP contribution in [0, 0.1) is 0 Å². The lowest BCUT2D eigenvalue weighted by Gasteiger charge is -2.28. The number of rotatable bonds is 14. The van der Waals surface area contributed by atoms with Gasteiger partial charge in [-0.1, -0.05) is 6.92 Å². The number of ether oxygens (including phenoxy) is 3. The third-order valence-corrected chi connectivity index (χ3v) is 4.93. The van der Waals surface area contributed by atoms with E-state index in [2.05, 4.69) is 5.32 Å². The topological polar surface area (TPSA) is 97.4 Å². The summed E-state index contributed by atoms with van der Waals surface area (Å²) >= 11 is 0. The molecule has 0 aromatic carbocycles. The van der Waals surface area contributed by atoms with E-state index in [1.54, 1.807) is 9.80 Å². The van der Waals surface area contributed by atoms with Crippen molar-refractivity contribution in [2.45, 2.75) is 131 Å². The molecule has 0 rings (SSSR count). The normalized spacial score (nSPS) is 12.1. The van der Waals surface area contributed by atoms with E-state index in [1.807, 2.05) is 69.2 Å². The minimum atomic E-state index is -0.555. The molecule has 0 aromatic heterocycles. The van der Waals surface area contributed by atoms with Crippen molar-refractivity contribution >= 4 is 18.3 Å². The van der Waals surface area contributed by atoms with E-state index in [0.717, 1.165) is 44.9 Å².